The molecule has 0 aliphatic heterocycles. The molecule has 5 rings (SSSR count). The zero-order valence-corrected chi connectivity index (χ0v) is 20.8. The maximum absolute atomic E-state index is 14.0. The van der Waals surface area contributed by atoms with Gasteiger partial charge in [0.15, 0.2) is 0 Å². The Morgan fingerprint density at radius 2 is 1.86 bits per heavy atom. The first-order chi connectivity index (χ1) is 17.4. The third-order valence-corrected chi connectivity index (χ3v) is 7.40. The molecule has 2 aromatic heterocycles. The van der Waals surface area contributed by atoms with Gasteiger partial charge < -0.3 is 5.11 Å². The van der Waals surface area contributed by atoms with E-state index in [4.69, 9.17) is 0 Å². The smallest absolute Gasteiger partial charge is 0.259 e. The topological polar surface area (TPSA) is 96.2 Å². The van der Waals surface area contributed by atoms with Crippen molar-refractivity contribution >= 4 is 5.78 Å². The normalized spacial score (nSPS) is 19.9. The molecule has 0 spiro atoms. The molecular weight excluding hydrogens is 450 g/mol. The summed E-state index contributed by atoms with van der Waals surface area (Å²) in [7, 11) is 0. The lowest BCUT2D eigenvalue weighted by molar-refractivity contribution is 0.00981. The van der Waals surface area contributed by atoms with Crippen LogP contribution in [0.3, 0.4) is 0 Å². The molecule has 0 saturated heterocycles. The van der Waals surface area contributed by atoms with E-state index >= 15 is 0 Å². The lowest BCUT2D eigenvalue weighted by atomic mass is 9.83. The van der Waals surface area contributed by atoms with E-state index in [0.29, 0.717) is 30.6 Å². The third kappa shape index (κ3) is 4.45. The summed E-state index contributed by atoms with van der Waals surface area (Å²) in [6, 6.07) is 17.9. The van der Waals surface area contributed by atoms with Crippen LogP contribution in [0, 0.1) is 11.3 Å². The standard InChI is InChI=1S/C29H31N5O2/c1-3-6-26-25(17-20-9-11-21(12-10-20)24-8-5-4-7-22(24)18-30)27(35)33(28-31-19-32-34(26)28)23-13-15-29(2,36)16-14-23/h4-5,7-12,19,23,36H,3,6,13-17H2,1-2H3/t23-,29-. The summed E-state index contributed by atoms with van der Waals surface area (Å²) in [6.07, 6.45) is 6.41. The van der Waals surface area contributed by atoms with Crippen LogP contribution in [0.25, 0.3) is 16.9 Å². The summed E-state index contributed by atoms with van der Waals surface area (Å²) in [6.45, 7) is 3.97. The SMILES string of the molecule is CCCc1c(Cc2ccc(-c3ccccc3C#N)cc2)c(=O)n([C@H]2CC[C@](C)(O)CC2)c2ncnn12. The van der Waals surface area contributed by atoms with Crippen LogP contribution in [0.4, 0.5) is 0 Å². The third-order valence-electron chi connectivity index (χ3n) is 7.40. The molecule has 184 valence electrons. The summed E-state index contributed by atoms with van der Waals surface area (Å²) in [5.41, 5.74) is 4.51. The van der Waals surface area contributed by atoms with E-state index < -0.39 is 5.60 Å². The van der Waals surface area contributed by atoms with Gasteiger partial charge in [0.1, 0.15) is 6.33 Å². The van der Waals surface area contributed by atoms with Gasteiger partial charge in [-0.25, -0.2) is 4.52 Å². The monoisotopic (exact) mass is 481 g/mol. The minimum Gasteiger partial charge on any atom is -0.390 e. The Morgan fingerprint density at radius 1 is 1.14 bits per heavy atom. The van der Waals surface area contributed by atoms with E-state index in [1.54, 1.807) is 0 Å². The van der Waals surface area contributed by atoms with Crippen molar-refractivity contribution in [1.29, 1.82) is 5.26 Å². The molecule has 1 aliphatic carbocycles. The number of aliphatic hydroxyl groups is 1. The van der Waals surface area contributed by atoms with Gasteiger partial charge in [0, 0.05) is 18.0 Å². The molecule has 2 heterocycles. The lowest BCUT2D eigenvalue weighted by Crippen LogP contribution is -2.37. The number of fused-ring (bicyclic) bond motifs is 1. The molecule has 0 radical (unpaired) electrons. The van der Waals surface area contributed by atoms with Crippen molar-refractivity contribution in [2.24, 2.45) is 0 Å². The second-order valence-corrected chi connectivity index (χ2v) is 10.1. The number of aryl methyl sites for hydroxylation is 1. The van der Waals surface area contributed by atoms with E-state index in [2.05, 4.69) is 23.1 Å². The van der Waals surface area contributed by atoms with Crippen molar-refractivity contribution in [1.82, 2.24) is 19.2 Å². The number of benzene rings is 2. The molecule has 2 aromatic carbocycles. The van der Waals surface area contributed by atoms with Crippen molar-refractivity contribution in [3.8, 4) is 17.2 Å². The molecule has 0 amide bonds. The van der Waals surface area contributed by atoms with E-state index in [1.165, 1.54) is 6.33 Å². The number of hydrogen-bond donors (Lipinski definition) is 1. The van der Waals surface area contributed by atoms with Crippen LogP contribution in [0.2, 0.25) is 0 Å². The van der Waals surface area contributed by atoms with Gasteiger partial charge in [0.05, 0.1) is 22.9 Å². The first-order valence-electron chi connectivity index (χ1n) is 12.7. The van der Waals surface area contributed by atoms with Gasteiger partial charge in [-0.2, -0.15) is 15.3 Å². The highest BCUT2D eigenvalue weighted by Crippen LogP contribution is 2.35. The van der Waals surface area contributed by atoms with Crippen LogP contribution in [0.15, 0.2) is 59.7 Å². The lowest BCUT2D eigenvalue weighted by Gasteiger charge is -2.34. The van der Waals surface area contributed by atoms with Gasteiger partial charge in [-0.05, 0) is 61.8 Å². The predicted molar refractivity (Wildman–Crippen MR) is 139 cm³/mol. The zero-order valence-electron chi connectivity index (χ0n) is 20.8. The number of hydrogen-bond acceptors (Lipinski definition) is 5. The Balaban J connectivity index is 1.55. The van der Waals surface area contributed by atoms with Crippen LogP contribution in [-0.2, 0) is 12.8 Å². The molecule has 7 nitrogen and oxygen atoms in total. The Morgan fingerprint density at radius 3 is 2.56 bits per heavy atom. The van der Waals surface area contributed by atoms with Crippen molar-refractivity contribution in [2.45, 2.75) is 70.4 Å². The molecule has 1 fully saturated rings. The van der Waals surface area contributed by atoms with E-state index in [0.717, 1.165) is 53.6 Å². The fourth-order valence-corrected chi connectivity index (χ4v) is 5.40. The summed E-state index contributed by atoms with van der Waals surface area (Å²) >= 11 is 0. The fourth-order valence-electron chi connectivity index (χ4n) is 5.40. The van der Waals surface area contributed by atoms with Gasteiger partial charge in [-0.1, -0.05) is 55.8 Å². The summed E-state index contributed by atoms with van der Waals surface area (Å²) < 4.78 is 3.65. The minimum atomic E-state index is -0.680. The maximum Gasteiger partial charge on any atom is 0.259 e. The molecule has 7 heteroatoms. The Kier molecular flexibility index (Phi) is 6.46. The van der Waals surface area contributed by atoms with Crippen molar-refractivity contribution < 1.29 is 5.11 Å². The molecule has 0 bridgehead atoms. The Bertz CT molecular complexity index is 1480. The molecule has 1 saturated carbocycles. The minimum absolute atomic E-state index is 0.00982. The molecule has 1 N–H and O–H groups in total. The van der Waals surface area contributed by atoms with E-state index in [9.17, 15) is 15.2 Å². The first kappa shape index (κ1) is 24.0. The van der Waals surface area contributed by atoms with Crippen LogP contribution < -0.4 is 5.56 Å². The van der Waals surface area contributed by atoms with E-state index in [-0.39, 0.29) is 11.6 Å². The number of nitriles is 1. The predicted octanol–water partition coefficient (Wildman–Crippen LogP) is 4.84. The van der Waals surface area contributed by atoms with Gasteiger partial charge in [0.2, 0.25) is 5.78 Å². The van der Waals surface area contributed by atoms with Crippen molar-refractivity contribution in [3.05, 3.63) is 87.6 Å². The second kappa shape index (κ2) is 9.71. The van der Waals surface area contributed by atoms with Gasteiger partial charge in [-0.15, -0.1) is 0 Å². The molecule has 4 aromatic rings. The van der Waals surface area contributed by atoms with Crippen LogP contribution in [-0.4, -0.2) is 29.9 Å². The highest BCUT2D eigenvalue weighted by Gasteiger charge is 2.32. The van der Waals surface area contributed by atoms with Crippen molar-refractivity contribution in [2.75, 3.05) is 0 Å². The molecular formula is C29H31N5O2. The Hall–Kier alpha value is -3.76. The number of rotatable bonds is 6. The van der Waals surface area contributed by atoms with Crippen LogP contribution >= 0.6 is 0 Å². The number of nitrogens with zero attached hydrogens (tertiary/aromatic N) is 5. The summed E-state index contributed by atoms with van der Waals surface area (Å²) in [5, 5.41) is 24.4. The van der Waals surface area contributed by atoms with Gasteiger partial charge in [-0.3, -0.25) is 9.36 Å². The molecule has 0 unspecified atom stereocenters. The number of aromatic nitrogens is 4. The highest BCUT2D eigenvalue weighted by molar-refractivity contribution is 5.70. The average molecular weight is 482 g/mol. The Labute approximate surface area is 210 Å². The average Bonchev–Trinajstić information content (AvgIpc) is 3.37. The molecule has 0 atom stereocenters. The van der Waals surface area contributed by atoms with Gasteiger partial charge in [0.25, 0.3) is 5.56 Å². The van der Waals surface area contributed by atoms with Gasteiger partial charge >= 0.3 is 0 Å². The highest BCUT2D eigenvalue weighted by atomic mass is 16.3. The quantitative estimate of drug-likeness (QED) is 0.425. The first-order valence-corrected chi connectivity index (χ1v) is 12.7. The molecule has 1 aliphatic rings. The van der Waals surface area contributed by atoms with Crippen molar-refractivity contribution in [3.63, 3.8) is 0 Å². The largest absolute Gasteiger partial charge is 0.390 e. The van der Waals surface area contributed by atoms with Crippen LogP contribution in [0.1, 0.15) is 74.4 Å². The second-order valence-electron chi connectivity index (χ2n) is 10.1. The van der Waals surface area contributed by atoms with E-state index in [1.807, 2.05) is 64.5 Å². The fraction of sp³-hybridized carbons (Fsp3) is 0.379. The summed E-state index contributed by atoms with van der Waals surface area (Å²) in [4.78, 5) is 18.5. The zero-order chi connectivity index (χ0) is 25.3. The molecule has 36 heavy (non-hydrogen) atoms. The van der Waals surface area contributed by atoms with Crippen LogP contribution in [0.5, 0.6) is 0 Å². The summed E-state index contributed by atoms with van der Waals surface area (Å²) in [5.74, 6) is 0.585. The maximum atomic E-state index is 14.0.